The molecule has 2 aromatic rings. The van der Waals surface area contributed by atoms with Crippen LogP contribution in [0.1, 0.15) is 82.8 Å². The molecule has 4 rings (SSSR count). The Bertz CT molecular complexity index is 859. The molecule has 0 saturated carbocycles. The van der Waals surface area contributed by atoms with Crippen LogP contribution in [0, 0.1) is 19.8 Å². The maximum atomic E-state index is 6.15. The summed E-state index contributed by atoms with van der Waals surface area (Å²) in [5.41, 5.74) is 4.92. The summed E-state index contributed by atoms with van der Waals surface area (Å²) in [6.07, 6.45) is 0.00952. The first kappa shape index (κ1) is 25.6. The molecule has 5 atom stereocenters. The lowest BCUT2D eigenvalue weighted by atomic mass is 9.99. The Labute approximate surface area is 194 Å². The second-order valence-electron chi connectivity index (χ2n) is 7.91. The van der Waals surface area contributed by atoms with Gasteiger partial charge >= 0.3 is 0 Å². The second-order valence-corrected chi connectivity index (χ2v) is 7.91. The minimum atomic E-state index is -0.0899. The van der Waals surface area contributed by atoms with E-state index in [1.807, 2.05) is 27.7 Å². The summed E-state index contributed by atoms with van der Waals surface area (Å²) in [5.74, 6) is 1.35. The van der Waals surface area contributed by atoms with Gasteiger partial charge in [0.15, 0.2) is 11.8 Å². The molecule has 0 bridgehead atoms. The molecule has 0 aromatic heterocycles. The van der Waals surface area contributed by atoms with Crippen LogP contribution in [0.3, 0.4) is 0 Å². The molecule has 0 amide bonds. The third kappa shape index (κ3) is 5.40. The van der Waals surface area contributed by atoms with Crippen molar-refractivity contribution in [2.75, 3.05) is 0 Å². The van der Waals surface area contributed by atoms with E-state index in [0.717, 1.165) is 11.8 Å². The molecule has 2 aliphatic rings. The van der Waals surface area contributed by atoms with Gasteiger partial charge in [-0.1, -0.05) is 76.2 Å². The minimum Gasteiger partial charge on any atom is -0.475 e. The number of rotatable bonds is 4. The fourth-order valence-corrected chi connectivity index (χ4v) is 4.07. The normalized spacial score (nSPS) is 24.5. The Morgan fingerprint density at radius 2 is 1.00 bits per heavy atom. The van der Waals surface area contributed by atoms with E-state index in [4.69, 9.17) is 19.5 Å². The van der Waals surface area contributed by atoms with Crippen LogP contribution >= 0.6 is 0 Å². The summed E-state index contributed by atoms with van der Waals surface area (Å²) < 4.78 is 12.3. The Morgan fingerprint density at radius 1 is 0.656 bits per heavy atom. The van der Waals surface area contributed by atoms with Gasteiger partial charge in [-0.05, 0) is 56.9 Å². The highest BCUT2D eigenvalue weighted by atomic mass is 16.5. The summed E-state index contributed by atoms with van der Waals surface area (Å²) >= 11 is 0. The summed E-state index contributed by atoms with van der Waals surface area (Å²) in [7, 11) is 0. The number of hydrogen-bond donors (Lipinski definition) is 0. The third-order valence-electron chi connectivity index (χ3n) is 5.79. The minimum absolute atomic E-state index is 0.00476. The Morgan fingerprint density at radius 3 is 1.34 bits per heavy atom. The summed E-state index contributed by atoms with van der Waals surface area (Å²) in [4.78, 5) is 9.84. The van der Waals surface area contributed by atoms with E-state index in [2.05, 4.69) is 83.1 Å². The molecule has 0 spiro atoms. The van der Waals surface area contributed by atoms with Gasteiger partial charge in [-0.15, -0.1) is 0 Å². The zero-order chi connectivity index (χ0) is 23.8. The third-order valence-corrected chi connectivity index (χ3v) is 5.79. The van der Waals surface area contributed by atoms with Crippen molar-refractivity contribution in [2.24, 2.45) is 15.9 Å². The highest BCUT2D eigenvalue weighted by Crippen LogP contribution is 2.36. The molecule has 4 nitrogen and oxygen atoms in total. The molecule has 0 aliphatic carbocycles. The van der Waals surface area contributed by atoms with E-state index in [1.165, 1.54) is 22.3 Å². The zero-order valence-corrected chi connectivity index (χ0v) is 21.2. The predicted octanol–water partition coefficient (Wildman–Crippen LogP) is 7.41. The molecule has 0 radical (unpaired) electrons. The number of benzene rings is 2. The van der Waals surface area contributed by atoms with Gasteiger partial charge in [-0.3, -0.25) is 0 Å². The molecular formula is C28H40N2O2. The van der Waals surface area contributed by atoms with Gasteiger partial charge in [0.2, 0.25) is 0 Å². The SMILES string of the molecule is CC.CC.Cc1ccccc1C1N=C(C(C)C2=N[C@H](c3ccccc3C)C(C)O2)OC1C. The molecular weight excluding hydrogens is 396 g/mol. The highest BCUT2D eigenvalue weighted by Gasteiger charge is 2.38. The van der Waals surface area contributed by atoms with Crippen molar-refractivity contribution in [3.05, 3.63) is 70.8 Å². The van der Waals surface area contributed by atoms with Crippen LogP contribution in [0.4, 0.5) is 0 Å². The van der Waals surface area contributed by atoms with Crippen molar-refractivity contribution in [3.63, 3.8) is 0 Å². The fraction of sp³-hybridized carbons (Fsp3) is 0.500. The predicted molar refractivity (Wildman–Crippen MR) is 136 cm³/mol. The van der Waals surface area contributed by atoms with Gasteiger partial charge in [-0.25, -0.2) is 9.98 Å². The molecule has 2 aromatic carbocycles. The first-order valence-electron chi connectivity index (χ1n) is 12.1. The lowest BCUT2D eigenvalue weighted by Gasteiger charge is -2.16. The lowest BCUT2D eigenvalue weighted by molar-refractivity contribution is 0.191. The van der Waals surface area contributed by atoms with Gasteiger partial charge in [0.1, 0.15) is 30.2 Å². The maximum absolute atomic E-state index is 6.15. The molecule has 4 unspecified atom stereocenters. The van der Waals surface area contributed by atoms with E-state index < -0.39 is 0 Å². The number of hydrogen-bond acceptors (Lipinski definition) is 4. The van der Waals surface area contributed by atoms with Crippen LogP contribution in [0.25, 0.3) is 0 Å². The standard InChI is InChI=1S/C24H28N2O2.2C2H6/c1-14-10-6-8-12-19(14)21-17(4)27-23(25-21)16(3)24-26-22(18(5)28-24)20-13-9-7-11-15(20)2;2*1-2/h6-13,16-18,21-22H,1-5H3;2*1-2H3/t16?,17?,18?,21-,22?;;/m0../s1. The molecule has 32 heavy (non-hydrogen) atoms. The molecule has 0 fully saturated rings. The molecule has 2 heterocycles. The Hall–Kier alpha value is -2.62. The van der Waals surface area contributed by atoms with Crippen molar-refractivity contribution in [1.82, 2.24) is 0 Å². The summed E-state index contributed by atoms with van der Waals surface area (Å²) in [6.45, 7) is 18.5. The van der Waals surface area contributed by atoms with Crippen LogP contribution in [0.15, 0.2) is 58.5 Å². The average Bonchev–Trinajstić information content (AvgIpc) is 3.39. The smallest absolute Gasteiger partial charge is 0.196 e. The molecule has 0 saturated heterocycles. The Balaban J connectivity index is 0.000000860. The maximum Gasteiger partial charge on any atom is 0.196 e. The molecule has 0 N–H and O–H groups in total. The van der Waals surface area contributed by atoms with Crippen LogP contribution in [0.2, 0.25) is 0 Å². The van der Waals surface area contributed by atoms with Crippen LogP contribution in [-0.4, -0.2) is 24.0 Å². The quantitative estimate of drug-likeness (QED) is 0.501. The van der Waals surface area contributed by atoms with E-state index in [-0.39, 0.29) is 30.2 Å². The van der Waals surface area contributed by atoms with Crippen LogP contribution < -0.4 is 0 Å². The lowest BCUT2D eigenvalue weighted by Crippen LogP contribution is -2.24. The van der Waals surface area contributed by atoms with E-state index in [1.54, 1.807) is 0 Å². The van der Waals surface area contributed by atoms with E-state index in [9.17, 15) is 0 Å². The van der Waals surface area contributed by atoms with Gasteiger partial charge in [0.25, 0.3) is 0 Å². The first-order valence-corrected chi connectivity index (χ1v) is 12.1. The van der Waals surface area contributed by atoms with Crippen LogP contribution in [0.5, 0.6) is 0 Å². The second kappa shape index (κ2) is 11.8. The summed E-state index contributed by atoms with van der Waals surface area (Å²) in [6, 6.07) is 16.8. The van der Waals surface area contributed by atoms with Gasteiger partial charge in [0, 0.05) is 0 Å². The average molecular weight is 437 g/mol. The monoisotopic (exact) mass is 436 g/mol. The zero-order valence-electron chi connectivity index (χ0n) is 21.2. The van der Waals surface area contributed by atoms with Crippen LogP contribution in [-0.2, 0) is 9.47 Å². The largest absolute Gasteiger partial charge is 0.475 e. The van der Waals surface area contributed by atoms with Gasteiger partial charge in [-0.2, -0.15) is 0 Å². The molecule has 4 heteroatoms. The van der Waals surface area contributed by atoms with Gasteiger partial charge < -0.3 is 9.47 Å². The van der Waals surface area contributed by atoms with Crippen molar-refractivity contribution < 1.29 is 9.47 Å². The Kier molecular flexibility index (Phi) is 9.49. The van der Waals surface area contributed by atoms with E-state index in [0.29, 0.717) is 0 Å². The summed E-state index contributed by atoms with van der Waals surface area (Å²) in [5, 5.41) is 0. The van der Waals surface area contributed by atoms with Crippen molar-refractivity contribution in [1.29, 1.82) is 0 Å². The first-order chi connectivity index (χ1) is 15.5. The van der Waals surface area contributed by atoms with Crippen molar-refractivity contribution in [3.8, 4) is 0 Å². The van der Waals surface area contributed by atoms with Gasteiger partial charge in [0.05, 0.1) is 0 Å². The highest BCUT2D eigenvalue weighted by molar-refractivity contribution is 6.01. The van der Waals surface area contributed by atoms with Crippen molar-refractivity contribution >= 4 is 11.8 Å². The molecule has 2 aliphatic heterocycles. The number of aryl methyl sites for hydroxylation is 2. The van der Waals surface area contributed by atoms with Crippen molar-refractivity contribution in [2.45, 2.75) is 86.6 Å². The number of nitrogens with zero attached hydrogens (tertiary/aromatic N) is 2. The fourth-order valence-electron chi connectivity index (χ4n) is 4.07. The number of aliphatic imine (C=N–C) groups is 2. The topological polar surface area (TPSA) is 43.2 Å². The number of ether oxygens (including phenoxy) is 2. The molecule has 174 valence electrons. The van der Waals surface area contributed by atoms with E-state index >= 15 is 0 Å².